The van der Waals surface area contributed by atoms with Crippen molar-refractivity contribution in [2.75, 3.05) is 22.4 Å². The van der Waals surface area contributed by atoms with E-state index in [0.717, 1.165) is 24.1 Å². The summed E-state index contributed by atoms with van der Waals surface area (Å²) in [5.74, 6) is -0.204. The number of fused-ring (bicyclic) bond motifs is 1. The molecule has 1 N–H and O–H groups in total. The lowest BCUT2D eigenvalue weighted by molar-refractivity contribution is 0.102. The fourth-order valence-corrected chi connectivity index (χ4v) is 4.50. The Balaban J connectivity index is 1.57. The molecular formula is C21H21N3O3S. The van der Waals surface area contributed by atoms with Crippen LogP contribution in [0.1, 0.15) is 22.3 Å². The number of carbonyl (C=O) groups excluding carboxylic acids is 1. The lowest BCUT2D eigenvalue weighted by Crippen LogP contribution is -2.34. The summed E-state index contributed by atoms with van der Waals surface area (Å²) in [7, 11) is -3.30. The third kappa shape index (κ3) is 3.66. The first-order chi connectivity index (χ1) is 13.4. The molecule has 144 valence electrons. The molecule has 1 aliphatic rings. The first-order valence-electron chi connectivity index (χ1n) is 9.07. The molecule has 2 aromatic carbocycles. The summed E-state index contributed by atoms with van der Waals surface area (Å²) in [6, 6.07) is 16.6. The summed E-state index contributed by atoms with van der Waals surface area (Å²) in [5, 5.41) is 2.92. The van der Waals surface area contributed by atoms with E-state index in [2.05, 4.69) is 5.32 Å². The predicted molar refractivity (Wildman–Crippen MR) is 111 cm³/mol. The average Bonchev–Trinajstić information content (AvgIpc) is 3.21. The Labute approximate surface area is 164 Å². The van der Waals surface area contributed by atoms with Gasteiger partial charge in [0.25, 0.3) is 5.91 Å². The van der Waals surface area contributed by atoms with Crippen LogP contribution in [-0.4, -0.2) is 31.7 Å². The highest BCUT2D eigenvalue weighted by molar-refractivity contribution is 7.92. The molecule has 0 saturated carbocycles. The molecule has 2 heterocycles. The van der Waals surface area contributed by atoms with Gasteiger partial charge in [-0.25, -0.2) is 8.42 Å². The lowest BCUT2D eigenvalue weighted by atomic mass is 10.0. The molecule has 1 aliphatic heterocycles. The minimum Gasteiger partial charge on any atom is -0.324 e. The van der Waals surface area contributed by atoms with Crippen molar-refractivity contribution in [3.05, 3.63) is 78.1 Å². The molecule has 0 saturated heterocycles. The van der Waals surface area contributed by atoms with Gasteiger partial charge in [-0.1, -0.05) is 6.07 Å². The number of hydrogen-bond donors (Lipinski definition) is 1. The van der Waals surface area contributed by atoms with E-state index in [1.807, 2.05) is 53.4 Å². The van der Waals surface area contributed by atoms with Crippen LogP contribution in [0.4, 0.5) is 11.4 Å². The van der Waals surface area contributed by atoms with E-state index >= 15 is 0 Å². The zero-order chi connectivity index (χ0) is 19.7. The second kappa shape index (κ2) is 7.16. The molecule has 0 atom stereocenters. The van der Waals surface area contributed by atoms with Gasteiger partial charge in [0.15, 0.2) is 0 Å². The Hall–Kier alpha value is -3.06. The van der Waals surface area contributed by atoms with Gasteiger partial charge in [-0.3, -0.25) is 9.10 Å². The molecule has 0 unspecified atom stereocenters. The Morgan fingerprint density at radius 1 is 1.04 bits per heavy atom. The van der Waals surface area contributed by atoms with Gasteiger partial charge in [0.1, 0.15) is 0 Å². The van der Waals surface area contributed by atoms with Crippen LogP contribution in [0.3, 0.4) is 0 Å². The Bertz CT molecular complexity index is 1120. The van der Waals surface area contributed by atoms with E-state index in [-0.39, 0.29) is 5.91 Å². The number of rotatable bonds is 4. The number of aromatic nitrogens is 1. The van der Waals surface area contributed by atoms with Crippen LogP contribution in [0.25, 0.3) is 5.69 Å². The van der Waals surface area contributed by atoms with Crippen LogP contribution < -0.4 is 9.62 Å². The van der Waals surface area contributed by atoms with Gasteiger partial charge in [-0.15, -0.1) is 0 Å². The molecule has 1 aromatic heterocycles. The van der Waals surface area contributed by atoms with Crippen molar-refractivity contribution in [3.8, 4) is 5.69 Å². The van der Waals surface area contributed by atoms with E-state index in [4.69, 9.17) is 0 Å². The Morgan fingerprint density at radius 3 is 2.57 bits per heavy atom. The van der Waals surface area contributed by atoms with E-state index in [9.17, 15) is 13.2 Å². The van der Waals surface area contributed by atoms with Crippen molar-refractivity contribution in [1.82, 2.24) is 4.57 Å². The maximum Gasteiger partial charge on any atom is 0.255 e. The number of anilines is 2. The quantitative estimate of drug-likeness (QED) is 0.736. The topological polar surface area (TPSA) is 71.4 Å². The third-order valence-corrected chi connectivity index (χ3v) is 6.00. The minimum absolute atomic E-state index is 0.204. The molecule has 0 bridgehead atoms. The first-order valence-corrected chi connectivity index (χ1v) is 10.9. The number of hydrogen-bond acceptors (Lipinski definition) is 3. The maximum absolute atomic E-state index is 12.7. The fourth-order valence-electron chi connectivity index (χ4n) is 3.50. The number of nitrogens with one attached hydrogen (secondary N) is 1. The van der Waals surface area contributed by atoms with Crippen LogP contribution in [0, 0.1) is 0 Å². The molecule has 0 spiro atoms. The highest BCUT2D eigenvalue weighted by Crippen LogP contribution is 2.31. The van der Waals surface area contributed by atoms with Gasteiger partial charge in [-0.2, -0.15) is 0 Å². The number of aryl methyl sites for hydroxylation is 1. The smallest absolute Gasteiger partial charge is 0.255 e. The van der Waals surface area contributed by atoms with Gasteiger partial charge in [0.2, 0.25) is 10.0 Å². The van der Waals surface area contributed by atoms with Gasteiger partial charge < -0.3 is 9.88 Å². The molecule has 4 rings (SSSR count). The zero-order valence-corrected chi connectivity index (χ0v) is 16.3. The number of benzene rings is 2. The van der Waals surface area contributed by atoms with Gasteiger partial charge in [0.05, 0.1) is 11.9 Å². The SMILES string of the molecule is CS(=O)(=O)N1CCCc2cc(NC(=O)c3cccc(-n4cccc4)c3)ccc21. The molecule has 3 aromatic rings. The van der Waals surface area contributed by atoms with Crippen LogP contribution in [0.5, 0.6) is 0 Å². The number of amides is 1. The number of sulfonamides is 1. The molecule has 7 heteroatoms. The second-order valence-corrected chi connectivity index (χ2v) is 8.78. The van der Waals surface area contributed by atoms with Crippen molar-refractivity contribution >= 4 is 27.3 Å². The van der Waals surface area contributed by atoms with Crippen LogP contribution in [0.2, 0.25) is 0 Å². The van der Waals surface area contributed by atoms with Crippen molar-refractivity contribution < 1.29 is 13.2 Å². The van der Waals surface area contributed by atoms with E-state index in [1.54, 1.807) is 18.2 Å². The van der Waals surface area contributed by atoms with Gasteiger partial charge in [0, 0.05) is 35.9 Å². The highest BCUT2D eigenvalue weighted by Gasteiger charge is 2.24. The molecule has 0 aliphatic carbocycles. The second-order valence-electron chi connectivity index (χ2n) is 6.88. The molecule has 28 heavy (non-hydrogen) atoms. The lowest BCUT2D eigenvalue weighted by Gasteiger charge is -2.29. The first kappa shape index (κ1) is 18.3. The summed E-state index contributed by atoms with van der Waals surface area (Å²) in [6.45, 7) is 0.490. The molecule has 6 nitrogen and oxygen atoms in total. The third-order valence-electron chi connectivity index (χ3n) is 4.82. The summed E-state index contributed by atoms with van der Waals surface area (Å²) >= 11 is 0. The van der Waals surface area contributed by atoms with Crippen LogP contribution >= 0.6 is 0 Å². The molecular weight excluding hydrogens is 374 g/mol. The maximum atomic E-state index is 12.7. The molecule has 0 radical (unpaired) electrons. The monoisotopic (exact) mass is 395 g/mol. The molecule has 0 fully saturated rings. The average molecular weight is 395 g/mol. The fraction of sp³-hybridized carbons (Fsp3) is 0.190. The van der Waals surface area contributed by atoms with E-state index < -0.39 is 10.0 Å². The summed E-state index contributed by atoms with van der Waals surface area (Å²) in [5.41, 5.74) is 3.75. The zero-order valence-electron chi connectivity index (χ0n) is 15.5. The Morgan fingerprint density at radius 2 is 1.82 bits per heavy atom. The normalized spacial score (nSPS) is 13.8. The van der Waals surface area contributed by atoms with Crippen molar-refractivity contribution in [1.29, 1.82) is 0 Å². The summed E-state index contributed by atoms with van der Waals surface area (Å²) in [4.78, 5) is 12.7. The van der Waals surface area contributed by atoms with E-state index in [1.165, 1.54) is 10.6 Å². The van der Waals surface area contributed by atoms with Gasteiger partial charge in [-0.05, 0) is 66.9 Å². The molecule has 1 amide bonds. The standard InChI is InChI=1S/C21H21N3O3S/c1-28(26,27)24-13-5-7-16-14-18(9-10-20(16)24)22-21(25)17-6-4-8-19(15-17)23-11-2-3-12-23/h2-4,6,8-12,14-15H,5,7,13H2,1H3,(H,22,25). The summed E-state index contributed by atoms with van der Waals surface area (Å²) < 4.78 is 27.3. The van der Waals surface area contributed by atoms with E-state index in [0.29, 0.717) is 23.5 Å². The van der Waals surface area contributed by atoms with Crippen LogP contribution in [-0.2, 0) is 16.4 Å². The Kier molecular flexibility index (Phi) is 4.68. The number of carbonyl (C=O) groups is 1. The van der Waals surface area contributed by atoms with Crippen molar-refractivity contribution in [2.24, 2.45) is 0 Å². The number of nitrogens with zero attached hydrogens (tertiary/aromatic N) is 2. The largest absolute Gasteiger partial charge is 0.324 e. The van der Waals surface area contributed by atoms with Crippen molar-refractivity contribution in [2.45, 2.75) is 12.8 Å². The van der Waals surface area contributed by atoms with Gasteiger partial charge >= 0.3 is 0 Å². The highest BCUT2D eigenvalue weighted by atomic mass is 32.2. The minimum atomic E-state index is -3.30. The van der Waals surface area contributed by atoms with Crippen LogP contribution in [0.15, 0.2) is 67.0 Å². The summed E-state index contributed by atoms with van der Waals surface area (Å²) in [6.07, 6.45) is 6.61. The predicted octanol–water partition coefficient (Wildman–Crippen LogP) is 3.44. The van der Waals surface area contributed by atoms with Crippen molar-refractivity contribution in [3.63, 3.8) is 0 Å².